The standard InChI is InChI=1S/C8H13N3O2S/c1-3-14(12,13)11-6-8-5-9-7(2)4-10-8/h4-5,11H,3,6H2,1-2H3. The summed E-state index contributed by atoms with van der Waals surface area (Å²) in [6, 6.07) is 0. The summed E-state index contributed by atoms with van der Waals surface area (Å²) in [6.45, 7) is 3.61. The van der Waals surface area contributed by atoms with E-state index in [0.29, 0.717) is 5.69 Å². The van der Waals surface area contributed by atoms with E-state index in [0.717, 1.165) is 5.69 Å². The molecule has 0 spiro atoms. The molecule has 6 heteroatoms. The zero-order valence-electron chi connectivity index (χ0n) is 8.19. The summed E-state index contributed by atoms with van der Waals surface area (Å²) in [5.41, 5.74) is 1.43. The van der Waals surface area contributed by atoms with Crippen molar-refractivity contribution >= 4 is 10.0 Å². The van der Waals surface area contributed by atoms with Crippen molar-refractivity contribution in [1.29, 1.82) is 0 Å². The molecule has 0 bridgehead atoms. The SMILES string of the molecule is CCS(=O)(=O)NCc1cnc(C)cn1. The van der Waals surface area contributed by atoms with Crippen LogP contribution in [0.3, 0.4) is 0 Å². The maximum Gasteiger partial charge on any atom is 0.211 e. The Morgan fingerprint density at radius 3 is 2.57 bits per heavy atom. The quantitative estimate of drug-likeness (QED) is 0.780. The van der Waals surface area contributed by atoms with Crippen LogP contribution in [-0.4, -0.2) is 24.1 Å². The first-order valence-electron chi connectivity index (χ1n) is 4.28. The molecule has 0 aliphatic rings. The zero-order chi connectivity index (χ0) is 10.6. The Morgan fingerprint density at radius 2 is 2.07 bits per heavy atom. The lowest BCUT2D eigenvalue weighted by atomic mass is 10.4. The lowest BCUT2D eigenvalue weighted by Gasteiger charge is -2.03. The van der Waals surface area contributed by atoms with Crippen LogP contribution in [0.15, 0.2) is 12.4 Å². The minimum atomic E-state index is -3.15. The van der Waals surface area contributed by atoms with Crippen molar-refractivity contribution in [3.8, 4) is 0 Å². The molecule has 5 nitrogen and oxygen atoms in total. The van der Waals surface area contributed by atoms with Crippen molar-refractivity contribution in [2.45, 2.75) is 20.4 Å². The number of rotatable bonds is 4. The van der Waals surface area contributed by atoms with Crippen LogP contribution in [-0.2, 0) is 16.6 Å². The van der Waals surface area contributed by atoms with Crippen molar-refractivity contribution in [3.63, 3.8) is 0 Å². The monoisotopic (exact) mass is 215 g/mol. The number of sulfonamides is 1. The average Bonchev–Trinajstić information content (AvgIpc) is 2.17. The van der Waals surface area contributed by atoms with E-state index < -0.39 is 10.0 Å². The van der Waals surface area contributed by atoms with Gasteiger partial charge in [0.25, 0.3) is 0 Å². The van der Waals surface area contributed by atoms with E-state index >= 15 is 0 Å². The van der Waals surface area contributed by atoms with Gasteiger partial charge in [-0.15, -0.1) is 0 Å². The third-order valence-corrected chi connectivity index (χ3v) is 3.03. The van der Waals surface area contributed by atoms with E-state index in [1.165, 1.54) is 0 Å². The molecule has 0 aromatic carbocycles. The van der Waals surface area contributed by atoms with Crippen molar-refractivity contribution in [2.24, 2.45) is 0 Å². The van der Waals surface area contributed by atoms with E-state index in [4.69, 9.17) is 0 Å². The van der Waals surface area contributed by atoms with Crippen molar-refractivity contribution in [3.05, 3.63) is 23.8 Å². The van der Waals surface area contributed by atoms with E-state index in [2.05, 4.69) is 14.7 Å². The first-order valence-corrected chi connectivity index (χ1v) is 5.93. The highest BCUT2D eigenvalue weighted by molar-refractivity contribution is 7.89. The molecule has 1 aromatic heterocycles. The molecule has 0 aliphatic carbocycles. The topological polar surface area (TPSA) is 72.0 Å². The van der Waals surface area contributed by atoms with Crippen LogP contribution in [0.5, 0.6) is 0 Å². The molecule has 0 aliphatic heterocycles. The summed E-state index contributed by atoms with van der Waals surface area (Å²) < 4.78 is 24.6. The Kier molecular flexibility index (Phi) is 3.54. The Labute approximate surface area is 83.6 Å². The second kappa shape index (κ2) is 4.47. The fourth-order valence-electron chi connectivity index (χ4n) is 0.797. The van der Waals surface area contributed by atoms with Gasteiger partial charge in [0.15, 0.2) is 0 Å². The second-order valence-corrected chi connectivity index (χ2v) is 4.97. The van der Waals surface area contributed by atoms with E-state index in [-0.39, 0.29) is 12.3 Å². The fraction of sp³-hybridized carbons (Fsp3) is 0.500. The molecule has 1 rings (SSSR count). The molecule has 1 heterocycles. The molecule has 0 unspecified atom stereocenters. The third kappa shape index (κ3) is 3.39. The van der Waals surface area contributed by atoms with Gasteiger partial charge in [0.1, 0.15) is 0 Å². The third-order valence-electron chi connectivity index (χ3n) is 1.69. The number of aryl methyl sites for hydroxylation is 1. The Hall–Kier alpha value is -1.01. The van der Waals surface area contributed by atoms with Gasteiger partial charge in [-0.05, 0) is 13.8 Å². The Morgan fingerprint density at radius 1 is 1.36 bits per heavy atom. The lowest BCUT2D eigenvalue weighted by molar-refractivity contribution is 0.581. The van der Waals surface area contributed by atoms with Crippen LogP contribution in [0.2, 0.25) is 0 Å². The summed E-state index contributed by atoms with van der Waals surface area (Å²) in [6.07, 6.45) is 3.17. The molecule has 0 saturated carbocycles. The fourth-order valence-corrected chi connectivity index (χ4v) is 1.37. The van der Waals surface area contributed by atoms with Crippen LogP contribution in [0, 0.1) is 6.92 Å². The first kappa shape index (κ1) is 11.1. The number of hydrogen-bond donors (Lipinski definition) is 1. The molecular formula is C8H13N3O2S. The molecule has 0 saturated heterocycles. The summed E-state index contributed by atoms with van der Waals surface area (Å²) >= 11 is 0. The maximum atomic E-state index is 11.1. The zero-order valence-corrected chi connectivity index (χ0v) is 9.00. The molecular weight excluding hydrogens is 202 g/mol. The predicted molar refractivity (Wildman–Crippen MR) is 53.1 cm³/mol. The van der Waals surface area contributed by atoms with E-state index in [1.807, 2.05) is 6.92 Å². The maximum absolute atomic E-state index is 11.1. The van der Waals surface area contributed by atoms with Crippen LogP contribution >= 0.6 is 0 Å². The van der Waals surface area contributed by atoms with Gasteiger partial charge in [-0.2, -0.15) is 0 Å². The van der Waals surface area contributed by atoms with Crippen molar-refractivity contribution in [1.82, 2.24) is 14.7 Å². The minimum Gasteiger partial charge on any atom is -0.258 e. The van der Waals surface area contributed by atoms with Gasteiger partial charge in [-0.3, -0.25) is 9.97 Å². The van der Waals surface area contributed by atoms with Gasteiger partial charge in [0.05, 0.1) is 29.9 Å². The highest BCUT2D eigenvalue weighted by Crippen LogP contribution is 1.94. The van der Waals surface area contributed by atoms with Crippen molar-refractivity contribution in [2.75, 3.05) is 5.75 Å². The number of aromatic nitrogens is 2. The molecule has 0 fully saturated rings. The van der Waals surface area contributed by atoms with E-state index in [1.54, 1.807) is 19.3 Å². The number of nitrogens with one attached hydrogen (secondary N) is 1. The van der Waals surface area contributed by atoms with Gasteiger partial charge in [-0.1, -0.05) is 0 Å². The van der Waals surface area contributed by atoms with Crippen LogP contribution < -0.4 is 4.72 Å². The molecule has 1 aromatic rings. The lowest BCUT2D eigenvalue weighted by Crippen LogP contribution is -2.25. The predicted octanol–water partition coefficient (Wildman–Crippen LogP) is 0.224. The highest BCUT2D eigenvalue weighted by Gasteiger charge is 2.05. The smallest absolute Gasteiger partial charge is 0.211 e. The minimum absolute atomic E-state index is 0.0757. The molecule has 14 heavy (non-hydrogen) atoms. The second-order valence-electron chi connectivity index (χ2n) is 2.87. The molecule has 1 N–H and O–H groups in total. The van der Waals surface area contributed by atoms with Gasteiger partial charge in [0.2, 0.25) is 10.0 Å². The van der Waals surface area contributed by atoms with Gasteiger partial charge >= 0.3 is 0 Å². The molecule has 78 valence electrons. The van der Waals surface area contributed by atoms with Crippen LogP contribution in [0.4, 0.5) is 0 Å². The van der Waals surface area contributed by atoms with Crippen LogP contribution in [0.25, 0.3) is 0 Å². The number of nitrogens with zero attached hydrogens (tertiary/aromatic N) is 2. The largest absolute Gasteiger partial charge is 0.258 e. The number of hydrogen-bond acceptors (Lipinski definition) is 4. The van der Waals surface area contributed by atoms with Gasteiger partial charge in [0, 0.05) is 6.20 Å². The molecule has 0 radical (unpaired) electrons. The summed E-state index contributed by atoms with van der Waals surface area (Å²) in [5, 5.41) is 0. The summed E-state index contributed by atoms with van der Waals surface area (Å²) in [5.74, 6) is 0.0757. The van der Waals surface area contributed by atoms with Crippen molar-refractivity contribution < 1.29 is 8.42 Å². The molecule has 0 amide bonds. The van der Waals surface area contributed by atoms with E-state index in [9.17, 15) is 8.42 Å². The first-order chi connectivity index (χ1) is 6.53. The normalized spacial score (nSPS) is 11.6. The van der Waals surface area contributed by atoms with Gasteiger partial charge in [-0.25, -0.2) is 13.1 Å². The van der Waals surface area contributed by atoms with Gasteiger partial charge < -0.3 is 0 Å². The molecule has 0 atom stereocenters. The van der Waals surface area contributed by atoms with Crippen LogP contribution in [0.1, 0.15) is 18.3 Å². The summed E-state index contributed by atoms with van der Waals surface area (Å²) in [7, 11) is -3.15. The summed E-state index contributed by atoms with van der Waals surface area (Å²) in [4.78, 5) is 8.03. The highest BCUT2D eigenvalue weighted by atomic mass is 32.2. The average molecular weight is 215 g/mol. The Balaban J connectivity index is 2.59. The Bertz CT molecular complexity index is 386.